The number of carbonyl (C=O) groups is 2. The summed E-state index contributed by atoms with van der Waals surface area (Å²) >= 11 is 6.35. The number of benzene rings is 2. The van der Waals surface area contributed by atoms with Crippen LogP contribution in [0.3, 0.4) is 0 Å². The largest absolute Gasteiger partial charge is 0.338 e. The molecule has 35 heavy (non-hydrogen) atoms. The van der Waals surface area contributed by atoms with Crippen LogP contribution in [-0.4, -0.2) is 38.9 Å². The van der Waals surface area contributed by atoms with Crippen molar-refractivity contribution in [2.75, 3.05) is 6.54 Å². The van der Waals surface area contributed by atoms with E-state index in [1.807, 2.05) is 18.2 Å². The van der Waals surface area contributed by atoms with Gasteiger partial charge in [0.15, 0.2) is 0 Å². The highest BCUT2D eigenvalue weighted by Gasteiger charge is 2.48. The van der Waals surface area contributed by atoms with E-state index in [-0.39, 0.29) is 17.8 Å². The van der Waals surface area contributed by atoms with Crippen LogP contribution in [0.2, 0.25) is 5.02 Å². The van der Waals surface area contributed by atoms with Crippen LogP contribution in [0.25, 0.3) is 10.9 Å². The van der Waals surface area contributed by atoms with Gasteiger partial charge in [0.1, 0.15) is 11.9 Å². The molecule has 0 bridgehead atoms. The zero-order valence-electron chi connectivity index (χ0n) is 19.7. The van der Waals surface area contributed by atoms with Crippen molar-refractivity contribution in [2.45, 2.75) is 64.1 Å². The number of carbonyl (C=O) groups excluding carboxylic acids is 2. The lowest BCUT2D eigenvalue weighted by Crippen LogP contribution is -2.40. The average Bonchev–Trinajstić information content (AvgIpc) is 3.29. The Morgan fingerprint density at radius 1 is 1.00 bits per heavy atom. The van der Waals surface area contributed by atoms with Gasteiger partial charge in [0.05, 0.1) is 12.1 Å². The molecule has 5 nitrogen and oxygen atoms in total. The Morgan fingerprint density at radius 3 is 2.54 bits per heavy atom. The summed E-state index contributed by atoms with van der Waals surface area (Å²) in [4.78, 5) is 30.0. The molecule has 6 rings (SSSR count). The summed E-state index contributed by atoms with van der Waals surface area (Å²) in [5, 5.41) is 1.70. The van der Waals surface area contributed by atoms with Gasteiger partial charge in [-0.25, -0.2) is 9.18 Å². The maximum atomic E-state index is 13.5. The molecule has 1 saturated heterocycles. The molecule has 3 heterocycles. The van der Waals surface area contributed by atoms with Gasteiger partial charge in [0.2, 0.25) is 0 Å². The highest BCUT2D eigenvalue weighted by atomic mass is 35.5. The summed E-state index contributed by atoms with van der Waals surface area (Å²) in [6, 6.07) is 11.7. The summed E-state index contributed by atoms with van der Waals surface area (Å²) < 4.78 is 15.7. The van der Waals surface area contributed by atoms with Gasteiger partial charge in [-0.2, -0.15) is 0 Å². The molecular weight excluding hydrogens is 465 g/mol. The van der Waals surface area contributed by atoms with Gasteiger partial charge >= 0.3 is 6.03 Å². The van der Waals surface area contributed by atoms with Crippen LogP contribution >= 0.6 is 11.6 Å². The zero-order chi connectivity index (χ0) is 24.1. The second kappa shape index (κ2) is 8.98. The van der Waals surface area contributed by atoms with Crippen molar-refractivity contribution in [3.63, 3.8) is 0 Å². The summed E-state index contributed by atoms with van der Waals surface area (Å²) in [6.45, 7) is 1.45. The second-order valence-electron chi connectivity index (χ2n) is 10.2. The lowest BCUT2D eigenvalue weighted by Gasteiger charge is -2.28. The first-order valence-electron chi connectivity index (χ1n) is 12.7. The number of hydrogen-bond acceptors (Lipinski definition) is 2. The molecule has 2 fully saturated rings. The van der Waals surface area contributed by atoms with Crippen LogP contribution in [-0.2, 0) is 24.3 Å². The molecule has 182 valence electrons. The number of aromatic nitrogens is 1. The maximum absolute atomic E-state index is 13.5. The molecule has 0 spiro atoms. The van der Waals surface area contributed by atoms with Crippen LogP contribution in [0.1, 0.15) is 55.3 Å². The minimum absolute atomic E-state index is 0.0649. The van der Waals surface area contributed by atoms with Gasteiger partial charge < -0.3 is 9.47 Å². The van der Waals surface area contributed by atoms with Gasteiger partial charge in [-0.3, -0.25) is 9.69 Å². The van der Waals surface area contributed by atoms with Crippen molar-refractivity contribution >= 4 is 34.4 Å². The topological polar surface area (TPSA) is 45.6 Å². The third-order valence-electron chi connectivity index (χ3n) is 8.11. The fourth-order valence-electron chi connectivity index (χ4n) is 6.23. The van der Waals surface area contributed by atoms with Crippen molar-refractivity contribution in [1.82, 2.24) is 14.4 Å². The molecule has 2 aliphatic heterocycles. The fourth-order valence-corrected chi connectivity index (χ4v) is 6.39. The van der Waals surface area contributed by atoms with E-state index in [0.29, 0.717) is 37.0 Å². The first-order valence-corrected chi connectivity index (χ1v) is 13.0. The number of amides is 3. The van der Waals surface area contributed by atoms with Gasteiger partial charge in [-0.15, -0.1) is 0 Å². The third-order valence-corrected chi connectivity index (χ3v) is 8.35. The number of halogens is 2. The number of nitrogens with zero attached hydrogens (tertiary/aromatic N) is 3. The Hall–Kier alpha value is -2.86. The van der Waals surface area contributed by atoms with Gasteiger partial charge in [-0.1, -0.05) is 61.9 Å². The van der Waals surface area contributed by atoms with Crippen molar-refractivity contribution in [1.29, 1.82) is 0 Å². The first-order chi connectivity index (χ1) is 17.0. The van der Waals surface area contributed by atoms with E-state index in [2.05, 4.69) is 4.57 Å². The maximum Gasteiger partial charge on any atom is 0.327 e. The fraction of sp³-hybridized carbons (Fsp3) is 0.429. The average molecular weight is 494 g/mol. The molecule has 1 unspecified atom stereocenters. The van der Waals surface area contributed by atoms with Gasteiger partial charge in [0.25, 0.3) is 5.91 Å². The van der Waals surface area contributed by atoms with Gasteiger partial charge in [0, 0.05) is 35.6 Å². The van der Waals surface area contributed by atoms with Crippen LogP contribution in [0, 0.1) is 11.7 Å². The van der Waals surface area contributed by atoms with Gasteiger partial charge in [-0.05, 0) is 47.7 Å². The Balaban J connectivity index is 1.31. The standard InChI is InChI=1S/C28H29ClFN3O2/c29-20-8-11-22-23-15-25-27(34)31(13-12-18-4-2-1-3-5-18)28(35)33(25)17-26(23)32(24(22)14-20)16-19-6-9-21(30)10-7-19/h6-11,14,18,25H,1-5,12-13,15-17H2. The van der Waals surface area contributed by atoms with Crippen LogP contribution in [0.15, 0.2) is 42.5 Å². The minimum Gasteiger partial charge on any atom is -0.338 e. The van der Waals surface area contributed by atoms with E-state index in [0.717, 1.165) is 34.1 Å². The minimum atomic E-state index is -0.443. The SMILES string of the molecule is O=C1C2Cc3c(n(Cc4ccc(F)cc4)c4cc(Cl)ccc34)CN2C(=O)N1CCC1CCCCC1. The Morgan fingerprint density at radius 2 is 1.77 bits per heavy atom. The molecule has 7 heteroatoms. The Labute approximate surface area is 209 Å². The van der Waals surface area contributed by atoms with Crippen LogP contribution in [0.4, 0.5) is 9.18 Å². The lowest BCUT2D eigenvalue weighted by molar-refractivity contribution is -0.128. The molecule has 3 aromatic rings. The smallest absolute Gasteiger partial charge is 0.327 e. The first kappa shape index (κ1) is 22.6. The predicted octanol–water partition coefficient (Wildman–Crippen LogP) is 6.14. The molecule has 3 aliphatic rings. The van der Waals surface area contributed by atoms with Crippen LogP contribution < -0.4 is 0 Å². The highest BCUT2D eigenvalue weighted by molar-refractivity contribution is 6.31. The predicted molar refractivity (Wildman–Crippen MR) is 134 cm³/mol. The highest BCUT2D eigenvalue weighted by Crippen LogP contribution is 2.38. The normalized spacial score (nSPS) is 20.6. The Bertz CT molecular complexity index is 1300. The molecule has 0 N–H and O–H groups in total. The van der Waals surface area contributed by atoms with Crippen molar-refractivity contribution in [3.05, 3.63) is 70.1 Å². The van der Waals surface area contributed by atoms with E-state index < -0.39 is 6.04 Å². The number of urea groups is 1. The number of fused-ring (bicyclic) bond motifs is 4. The third kappa shape index (κ3) is 4.02. The van der Waals surface area contributed by atoms with Crippen molar-refractivity contribution in [2.24, 2.45) is 5.92 Å². The molecule has 1 aliphatic carbocycles. The summed E-state index contributed by atoms with van der Waals surface area (Å²) in [7, 11) is 0. The van der Waals surface area contributed by atoms with Crippen molar-refractivity contribution < 1.29 is 14.0 Å². The van der Waals surface area contributed by atoms with E-state index in [4.69, 9.17) is 11.6 Å². The zero-order valence-corrected chi connectivity index (χ0v) is 20.4. The van der Waals surface area contributed by atoms with Crippen molar-refractivity contribution in [3.8, 4) is 0 Å². The molecule has 1 saturated carbocycles. The van der Waals surface area contributed by atoms with E-state index >= 15 is 0 Å². The molecule has 3 amide bonds. The van der Waals surface area contributed by atoms with E-state index in [9.17, 15) is 14.0 Å². The molecule has 0 radical (unpaired) electrons. The van der Waals surface area contributed by atoms with E-state index in [1.165, 1.54) is 49.1 Å². The molecule has 1 aromatic heterocycles. The number of rotatable bonds is 5. The second-order valence-corrected chi connectivity index (χ2v) is 10.6. The van der Waals surface area contributed by atoms with E-state index in [1.54, 1.807) is 17.0 Å². The Kier molecular flexibility index (Phi) is 5.79. The quantitative estimate of drug-likeness (QED) is 0.401. The number of hydrogen-bond donors (Lipinski definition) is 0. The monoisotopic (exact) mass is 493 g/mol. The number of imide groups is 1. The molecule has 2 aromatic carbocycles. The molecule has 1 atom stereocenters. The summed E-state index contributed by atoms with van der Waals surface area (Å²) in [6.07, 6.45) is 7.63. The van der Waals surface area contributed by atoms with Crippen LogP contribution in [0.5, 0.6) is 0 Å². The summed E-state index contributed by atoms with van der Waals surface area (Å²) in [5.74, 6) is 0.284. The molecular formula is C28H29ClFN3O2. The summed E-state index contributed by atoms with van der Waals surface area (Å²) in [5.41, 5.74) is 4.07. The lowest BCUT2D eigenvalue weighted by atomic mass is 9.87.